The van der Waals surface area contributed by atoms with Crippen molar-refractivity contribution in [3.05, 3.63) is 47.1 Å². The van der Waals surface area contributed by atoms with Crippen LogP contribution >= 0.6 is 11.6 Å². The van der Waals surface area contributed by atoms with Crippen molar-refractivity contribution in [3.63, 3.8) is 0 Å². The first-order valence-electron chi connectivity index (χ1n) is 15.3. The van der Waals surface area contributed by atoms with Crippen LogP contribution < -0.4 is 5.32 Å². The number of aliphatic hydroxyl groups is 2. The molecule has 44 heavy (non-hydrogen) atoms. The van der Waals surface area contributed by atoms with E-state index >= 15 is 0 Å². The molecule has 0 saturated heterocycles. The number of hydrogen-bond donors (Lipinski definition) is 4. The van der Waals surface area contributed by atoms with Crippen molar-refractivity contribution in [1.82, 2.24) is 29.4 Å². The summed E-state index contributed by atoms with van der Waals surface area (Å²) in [4.78, 5) is 18.9. The number of H-pyrrole nitrogens is 1. The standard InChI is InChI=1S/C30H37ClF3N7O.CH4O/c1-17(2)40(9-4-3-5-27-38-24-13-22(30(32,33)34)23(31)14-25(24)39-27)15-18-11-20(12-26(18)42)41-10-8-21-28(37-19-6-7-19)35-16-36-29(21)41;1-2/h8,10,13-14,16-20,26,42H,3-7,9,11-12,15H2,1-2H3,(H,38,39)(H,35,36,37);2H,1H3/t18-,20-,26+;/m1./s1. The first-order valence-corrected chi connectivity index (χ1v) is 15.6. The fourth-order valence-electron chi connectivity index (χ4n) is 6.19. The number of nitrogens with one attached hydrogen (secondary N) is 2. The first-order chi connectivity index (χ1) is 21.1. The Bertz CT molecular complexity index is 1550. The number of unbranched alkanes of at least 4 members (excludes halogenated alkanes) is 1. The number of benzene rings is 1. The van der Waals surface area contributed by atoms with Crippen LogP contribution in [0.4, 0.5) is 19.0 Å². The van der Waals surface area contributed by atoms with Gasteiger partial charge in [0.15, 0.2) is 0 Å². The zero-order valence-corrected chi connectivity index (χ0v) is 26.0. The lowest BCUT2D eigenvalue weighted by Crippen LogP contribution is -2.38. The molecule has 2 fully saturated rings. The molecule has 13 heteroatoms. The van der Waals surface area contributed by atoms with Crippen molar-refractivity contribution >= 4 is 39.5 Å². The number of alkyl halides is 3. The van der Waals surface area contributed by atoms with Gasteiger partial charge in [-0.15, -0.1) is 0 Å². The van der Waals surface area contributed by atoms with Gasteiger partial charge in [0.2, 0.25) is 0 Å². The Labute approximate surface area is 259 Å². The largest absolute Gasteiger partial charge is 0.417 e. The second kappa shape index (κ2) is 13.6. The van der Waals surface area contributed by atoms with E-state index in [1.807, 2.05) is 0 Å². The number of fused-ring (bicyclic) bond motifs is 2. The van der Waals surface area contributed by atoms with Crippen LogP contribution in [-0.4, -0.2) is 78.0 Å². The summed E-state index contributed by atoms with van der Waals surface area (Å²) in [5, 5.41) is 22.2. The summed E-state index contributed by atoms with van der Waals surface area (Å²) in [6.45, 7) is 6.02. The molecule has 0 radical (unpaired) electrons. The molecule has 1 aromatic carbocycles. The Morgan fingerprint density at radius 1 is 1.16 bits per heavy atom. The van der Waals surface area contributed by atoms with Crippen LogP contribution in [0.15, 0.2) is 30.7 Å². The van der Waals surface area contributed by atoms with Crippen molar-refractivity contribution in [2.24, 2.45) is 5.92 Å². The fourth-order valence-corrected chi connectivity index (χ4v) is 6.45. The molecule has 0 aliphatic heterocycles. The lowest BCUT2D eigenvalue weighted by Gasteiger charge is -2.30. The summed E-state index contributed by atoms with van der Waals surface area (Å²) < 4.78 is 41.8. The summed E-state index contributed by atoms with van der Waals surface area (Å²) in [6.07, 6.45) is 5.11. The van der Waals surface area contributed by atoms with Gasteiger partial charge in [0, 0.05) is 44.4 Å². The second-order valence-electron chi connectivity index (χ2n) is 12.1. The molecule has 3 aromatic heterocycles. The lowest BCUT2D eigenvalue weighted by atomic mass is 10.0. The molecule has 9 nitrogen and oxygen atoms in total. The molecule has 0 spiro atoms. The van der Waals surface area contributed by atoms with E-state index in [1.165, 1.54) is 18.9 Å². The van der Waals surface area contributed by atoms with Crippen LogP contribution in [0.3, 0.4) is 0 Å². The number of rotatable bonds is 11. The monoisotopic (exact) mass is 635 g/mol. The molecular formula is C31H41ClF3N7O2. The van der Waals surface area contributed by atoms with Gasteiger partial charge in [0.05, 0.1) is 33.1 Å². The van der Waals surface area contributed by atoms with Gasteiger partial charge in [0.25, 0.3) is 0 Å². The molecule has 0 unspecified atom stereocenters. The van der Waals surface area contributed by atoms with Gasteiger partial charge < -0.3 is 30.0 Å². The van der Waals surface area contributed by atoms with Gasteiger partial charge in [-0.1, -0.05) is 11.6 Å². The van der Waals surface area contributed by atoms with Gasteiger partial charge in [-0.05, 0) is 83.0 Å². The highest BCUT2D eigenvalue weighted by atomic mass is 35.5. The average molecular weight is 636 g/mol. The van der Waals surface area contributed by atoms with Crippen molar-refractivity contribution in [3.8, 4) is 0 Å². The summed E-state index contributed by atoms with van der Waals surface area (Å²) in [7, 11) is 1.00. The summed E-state index contributed by atoms with van der Waals surface area (Å²) in [6, 6.07) is 5.39. The summed E-state index contributed by atoms with van der Waals surface area (Å²) in [5.41, 5.74) is 0.833. The average Bonchev–Trinajstić information content (AvgIpc) is 3.37. The van der Waals surface area contributed by atoms with Crippen molar-refractivity contribution in [2.45, 2.75) is 89.2 Å². The molecule has 6 rings (SSSR count). The SMILES string of the molecule is CC(C)N(CCCCc1nc2cc(Cl)c(C(F)(F)F)cc2[nH]1)C[C@H]1C[C@@H](n2ccc3c(NC4CC4)ncnc32)C[C@@H]1O.CO. The maximum Gasteiger partial charge on any atom is 0.417 e. The smallest absolute Gasteiger partial charge is 0.400 e. The molecule has 4 aromatic rings. The topological polar surface area (TPSA) is 115 Å². The number of aliphatic hydroxyl groups excluding tert-OH is 2. The van der Waals surface area contributed by atoms with Crippen LogP contribution in [0.25, 0.3) is 22.1 Å². The van der Waals surface area contributed by atoms with Crippen LogP contribution in [-0.2, 0) is 12.6 Å². The van der Waals surface area contributed by atoms with E-state index in [9.17, 15) is 18.3 Å². The second-order valence-corrected chi connectivity index (χ2v) is 12.5. The predicted molar refractivity (Wildman–Crippen MR) is 166 cm³/mol. The number of aromatic nitrogens is 5. The Kier molecular flexibility index (Phi) is 10.0. The number of aryl methyl sites for hydroxylation is 1. The van der Waals surface area contributed by atoms with Crippen molar-refractivity contribution in [1.29, 1.82) is 0 Å². The van der Waals surface area contributed by atoms with E-state index in [2.05, 4.69) is 60.8 Å². The quantitative estimate of drug-likeness (QED) is 0.145. The van der Waals surface area contributed by atoms with Crippen molar-refractivity contribution < 1.29 is 23.4 Å². The number of imidazole rings is 1. The van der Waals surface area contributed by atoms with E-state index in [4.69, 9.17) is 16.7 Å². The highest BCUT2D eigenvalue weighted by molar-refractivity contribution is 6.32. The van der Waals surface area contributed by atoms with Crippen molar-refractivity contribution in [2.75, 3.05) is 25.5 Å². The molecule has 3 heterocycles. The molecule has 0 bridgehead atoms. The lowest BCUT2D eigenvalue weighted by molar-refractivity contribution is -0.137. The highest BCUT2D eigenvalue weighted by Gasteiger charge is 2.36. The van der Waals surface area contributed by atoms with E-state index < -0.39 is 11.7 Å². The molecule has 0 amide bonds. The Hall–Kier alpha value is -2.93. The number of hydrogen-bond acceptors (Lipinski definition) is 7. The van der Waals surface area contributed by atoms with Gasteiger partial charge in [-0.2, -0.15) is 13.2 Å². The predicted octanol–water partition coefficient (Wildman–Crippen LogP) is 6.21. The number of halogens is 4. The van der Waals surface area contributed by atoms with Gasteiger partial charge in [-0.25, -0.2) is 15.0 Å². The molecule has 240 valence electrons. The third kappa shape index (κ3) is 7.30. The van der Waals surface area contributed by atoms with Gasteiger partial charge in [-0.3, -0.25) is 0 Å². The zero-order chi connectivity index (χ0) is 31.6. The first kappa shape index (κ1) is 32.5. The van der Waals surface area contributed by atoms with Crippen LogP contribution in [0, 0.1) is 5.92 Å². The molecule has 3 atom stereocenters. The van der Waals surface area contributed by atoms with Gasteiger partial charge >= 0.3 is 6.18 Å². The Morgan fingerprint density at radius 2 is 1.93 bits per heavy atom. The highest BCUT2D eigenvalue weighted by Crippen LogP contribution is 2.39. The summed E-state index contributed by atoms with van der Waals surface area (Å²) >= 11 is 5.85. The van der Waals surface area contributed by atoms with E-state index in [0.717, 1.165) is 62.4 Å². The molecule has 2 saturated carbocycles. The van der Waals surface area contributed by atoms with E-state index in [0.29, 0.717) is 41.8 Å². The molecule has 2 aliphatic carbocycles. The number of nitrogens with zero attached hydrogens (tertiary/aromatic N) is 5. The molecule has 2 aliphatic rings. The van der Waals surface area contributed by atoms with Gasteiger partial charge in [0.1, 0.15) is 23.6 Å². The number of aromatic amines is 1. The summed E-state index contributed by atoms with van der Waals surface area (Å²) in [5.74, 6) is 1.70. The Morgan fingerprint density at radius 3 is 2.64 bits per heavy atom. The van der Waals surface area contributed by atoms with Crippen LogP contribution in [0.2, 0.25) is 5.02 Å². The normalized spacial score (nSPS) is 20.6. The third-order valence-corrected chi connectivity index (χ3v) is 9.00. The fraction of sp³-hybridized carbons (Fsp3) is 0.581. The molecule has 4 N–H and O–H groups in total. The maximum atomic E-state index is 13.2. The minimum Gasteiger partial charge on any atom is -0.400 e. The molecular weight excluding hydrogens is 595 g/mol. The van der Waals surface area contributed by atoms with Crippen LogP contribution in [0.5, 0.6) is 0 Å². The number of anilines is 1. The van der Waals surface area contributed by atoms with E-state index in [-0.39, 0.29) is 23.1 Å². The Balaban J connectivity index is 0.00000188. The zero-order valence-electron chi connectivity index (χ0n) is 25.3. The minimum atomic E-state index is -4.51. The maximum absolute atomic E-state index is 13.2. The minimum absolute atomic E-state index is 0.156. The van der Waals surface area contributed by atoms with Crippen LogP contribution in [0.1, 0.15) is 69.8 Å². The third-order valence-electron chi connectivity index (χ3n) is 8.69. The van der Waals surface area contributed by atoms with E-state index in [1.54, 1.807) is 6.33 Å².